The summed E-state index contributed by atoms with van der Waals surface area (Å²) >= 11 is 0. The quantitative estimate of drug-likeness (QED) is 0.685. The molecule has 1 amide bonds. The van der Waals surface area contributed by atoms with E-state index >= 15 is 0 Å². The topological polar surface area (TPSA) is 29.1 Å². The third kappa shape index (κ3) is 4.14. The Morgan fingerprint density at radius 2 is 1.69 bits per heavy atom. The lowest BCUT2D eigenvalue weighted by Gasteiger charge is -2.14. The predicted molar refractivity (Wildman–Crippen MR) is 98.5 cm³/mol. The van der Waals surface area contributed by atoms with Gasteiger partial charge in [-0.25, -0.2) is 8.78 Å². The molecule has 0 radical (unpaired) electrons. The number of carbonyl (C=O) groups excluding carboxylic acids is 1. The monoisotopic (exact) mass is 351 g/mol. The second-order valence-electron chi connectivity index (χ2n) is 6.17. The Balaban J connectivity index is 1.70. The summed E-state index contributed by atoms with van der Waals surface area (Å²) in [5.41, 5.74) is 2.67. The minimum absolute atomic E-state index is 0.199. The average Bonchev–Trinajstić information content (AvgIpc) is 2.66. The van der Waals surface area contributed by atoms with Crippen LogP contribution in [-0.2, 0) is 11.3 Å². The van der Waals surface area contributed by atoms with E-state index in [-0.39, 0.29) is 18.3 Å². The highest BCUT2D eigenvalue weighted by Crippen LogP contribution is 2.26. The Labute approximate surface area is 151 Å². The second-order valence-corrected chi connectivity index (χ2v) is 6.17. The molecule has 3 aromatic rings. The predicted octanol–water partition coefficient (Wildman–Crippen LogP) is 5.05. The summed E-state index contributed by atoms with van der Waals surface area (Å²) in [6.07, 6.45) is 0. The smallest absolute Gasteiger partial charge is 0.227 e. The van der Waals surface area contributed by atoms with Crippen LogP contribution in [0.4, 0.5) is 8.78 Å². The van der Waals surface area contributed by atoms with E-state index in [1.54, 1.807) is 25.1 Å². The maximum atomic E-state index is 14.5. The fourth-order valence-corrected chi connectivity index (χ4v) is 2.82. The Kier molecular flexibility index (Phi) is 5.42. The molecule has 0 aromatic heterocycles. The zero-order valence-corrected chi connectivity index (χ0v) is 14.4. The number of rotatable bonds is 5. The molecule has 3 aromatic carbocycles. The first-order valence-electron chi connectivity index (χ1n) is 8.41. The van der Waals surface area contributed by atoms with Crippen molar-refractivity contribution >= 4 is 5.91 Å². The summed E-state index contributed by atoms with van der Waals surface area (Å²) in [6.45, 7) is 1.85. The van der Waals surface area contributed by atoms with Crippen LogP contribution in [0.3, 0.4) is 0 Å². The van der Waals surface area contributed by atoms with Gasteiger partial charge in [0.25, 0.3) is 0 Å². The largest absolute Gasteiger partial charge is 0.352 e. The van der Waals surface area contributed by atoms with E-state index in [0.29, 0.717) is 11.1 Å². The molecule has 132 valence electrons. The fraction of sp³-hybridized carbons (Fsp3) is 0.136. The highest BCUT2D eigenvalue weighted by molar-refractivity contribution is 5.83. The summed E-state index contributed by atoms with van der Waals surface area (Å²) in [4.78, 5) is 12.3. The van der Waals surface area contributed by atoms with Crippen molar-refractivity contribution in [2.45, 2.75) is 19.4 Å². The van der Waals surface area contributed by atoms with E-state index in [0.717, 1.165) is 11.1 Å². The van der Waals surface area contributed by atoms with Crippen molar-refractivity contribution in [2.75, 3.05) is 0 Å². The van der Waals surface area contributed by atoms with Crippen LogP contribution in [0.5, 0.6) is 0 Å². The zero-order chi connectivity index (χ0) is 18.5. The molecule has 26 heavy (non-hydrogen) atoms. The molecule has 3 rings (SSSR count). The highest BCUT2D eigenvalue weighted by atomic mass is 19.1. The normalized spacial score (nSPS) is 11.8. The molecule has 0 bridgehead atoms. The van der Waals surface area contributed by atoms with Crippen LogP contribution < -0.4 is 5.32 Å². The maximum Gasteiger partial charge on any atom is 0.227 e. The zero-order valence-electron chi connectivity index (χ0n) is 14.4. The second kappa shape index (κ2) is 7.91. The van der Waals surface area contributed by atoms with Gasteiger partial charge in [-0.2, -0.15) is 0 Å². The third-order valence-electron chi connectivity index (χ3n) is 4.32. The first kappa shape index (κ1) is 17.8. The van der Waals surface area contributed by atoms with Gasteiger partial charge in [0.05, 0.1) is 5.92 Å². The molecule has 0 aliphatic rings. The van der Waals surface area contributed by atoms with Crippen molar-refractivity contribution in [2.24, 2.45) is 0 Å². The number of benzene rings is 3. The molecule has 1 atom stereocenters. The number of nitrogens with one attached hydrogen (secondary N) is 1. The summed E-state index contributed by atoms with van der Waals surface area (Å²) in [6, 6.07) is 20.4. The molecule has 0 saturated heterocycles. The fourth-order valence-electron chi connectivity index (χ4n) is 2.82. The summed E-state index contributed by atoms with van der Waals surface area (Å²) in [5, 5.41) is 2.73. The van der Waals surface area contributed by atoms with Gasteiger partial charge in [0.1, 0.15) is 11.6 Å². The van der Waals surface area contributed by atoms with E-state index in [4.69, 9.17) is 0 Å². The van der Waals surface area contributed by atoms with Gasteiger partial charge in [0.15, 0.2) is 0 Å². The lowest BCUT2D eigenvalue weighted by Crippen LogP contribution is -2.28. The van der Waals surface area contributed by atoms with Crippen LogP contribution in [0.25, 0.3) is 11.1 Å². The van der Waals surface area contributed by atoms with Gasteiger partial charge >= 0.3 is 0 Å². The first-order valence-corrected chi connectivity index (χ1v) is 8.41. The van der Waals surface area contributed by atoms with E-state index < -0.39 is 11.7 Å². The minimum atomic E-state index is -0.645. The molecule has 0 fully saturated rings. The van der Waals surface area contributed by atoms with Gasteiger partial charge in [-0.15, -0.1) is 0 Å². The van der Waals surface area contributed by atoms with Gasteiger partial charge in [-0.1, -0.05) is 54.6 Å². The molecule has 1 unspecified atom stereocenters. The minimum Gasteiger partial charge on any atom is -0.352 e. The van der Waals surface area contributed by atoms with Crippen molar-refractivity contribution in [3.05, 3.63) is 95.6 Å². The van der Waals surface area contributed by atoms with Crippen molar-refractivity contribution in [1.82, 2.24) is 5.32 Å². The summed E-state index contributed by atoms with van der Waals surface area (Å²) in [7, 11) is 0. The lowest BCUT2D eigenvalue weighted by atomic mass is 9.96. The van der Waals surface area contributed by atoms with Crippen LogP contribution >= 0.6 is 0 Å². The molecule has 0 saturated carbocycles. The molecule has 2 nitrogen and oxygen atoms in total. The molecular weight excluding hydrogens is 332 g/mol. The molecule has 0 spiro atoms. The maximum absolute atomic E-state index is 14.5. The standard InChI is InChI=1S/C22H19F2NO/c1-15(22(26)25-14-16-6-5-9-19(23)12-16)20-11-10-18(13-21(20)24)17-7-3-2-4-8-17/h2-13,15H,14H2,1H3,(H,25,26). The molecule has 0 heterocycles. The third-order valence-corrected chi connectivity index (χ3v) is 4.32. The summed E-state index contributed by atoms with van der Waals surface area (Å²) in [5.74, 6) is -1.72. The van der Waals surface area contributed by atoms with E-state index in [1.807, 2.05) is 36.4 Å². The van der Waals surface area contributed by atoms with Gasteiger partial charge in [-0.05, 0) is 47.4 Å². The SMILES string of the molecule is CC(C(=O)NCc1cccc(F)c1)c1ccc(-c2ccccc2)cc1F. The van der Waals surface area contributed by atoms with Crippen LogP contribution in [-0.4, -0.2) is 5.91 Å². The first-order chi connectivity index (χ1) is 12.5. The van der Waals surface area contributed by atoms with Crippen molar-refractivity contribution < 1.29 is 13.6 Å². The van der Waals surface area contributed by atoms with Crippen molar-refractivity contribution in [3.63, 3.8) is 0 Å². The molecule has 0 aliphatic carbocycles. The number of carbonyl (C=O) groups is 1. The van der Waals surface area contributed by atoms with Crippen molar-refractivity contribution in [1.29, 1.82) is 0 Å². The number of hydrogen-bond acceptors (Lipinski definition) is 1. The van der Waals surface area contributed by atoms with Crippen LogP contribution in [0.15, 0.2) is 72.8 Å². The number of amides is 1. The van der Waals surface area contributed by atoms with E-state index in [9.17, 15) is 13.6 Å². The molecule has 0 aliphatic heterocycles. The van der Waals surface area contributed by atoms with Gasteiger partial charge in [-0.3, -0.25) is 4.79 Å². The Morgan fingerprint density at radius 1 is 0.923 bits per heavy atom. The van der Waals surface area contributed by atoms with Crippen LogP contribution in [0.2, 0.25) is 0 Å². The Hall–Kier alpha value is -3.01. The van der Waals surface area contributed by atoms with Crippen LogP contribution in [0.1, 0.15) is 24.0 Å². The average molecular weight is 351 g/mol. The van der Waals surface area contributed by atoms with Gasteiger partial charge < -0.3 is 5.32 Å². The van der Waals surface area contributed by atoms with E-state index in [1.165, 1.54) is 18.2 Å². The number of halogens is 2. The Bertz CT molecular complexity index is 909. The highest BCUT2D eigenvalue weighted by Gasteiger charge is 2.19. The van der Waals surface area contributed by atoms with Gasteiger partial charge in [0, 0.05) is 6.54 Å². The van der Waals surface area contributed by atoms with Gasteiger partial charge in [0.2, 0.25) is 5.91 Å². The summed E-state index contributed by atoms with van der Waals surface area (Å²) < 4.78 is 27.7. The van der Waals surface area contributed by atoms with Crippen LogP contribution in [0, 0.1) is 11.6 Å². The lowest BCUT2D eigenvalue weighted by molar-refractivity contribution is -0.122. The molecule has 1 N–H and O–H groups in total. The van der Waals surface area contributed by atoms with Crippen molar-refractivity contribution in [3.8, 4) is 11.1 Å². The number of hydrogen-bond donors (Lipinski definition) is 1. The molecular formula is C22H19F2NO. The Morgan fingerprint density at radius 3 is 2.38 bits per heavy atom. The molecule has 4 heteroatoms. The van der Waals surface area contributed by atoms with E-state index in [2.05, 4.69) is 5.32 Å².